The maximum atomic E-state index is 13.5. The number of oxime groups is 1. The van der Waals surface area contributed by atoms with Gasteiger partial charge in [-0.05, 0) is 70.3 Å². The number of nitrogen functional groups attached to an aromatic ring is 1. The highest BCUT2D eigenvalue weighted by molar-refractivity contribution is 7.80. The lowest BCUT2D eigenvalue weighted by atomic mass is 9.84. The molecule has 5 atom stereocenters. The fourth-order valence-corrected chi connectivity index (χ4v) is 6.90. The van der Waals surface area contributed by atoms with Crippen molar-refractivity contribution >= 4 is 56.2 Å². The number of nitrogens with zero attached hydrogens (tertiary/aromatic N) is 3. The molecule has 0 saturated carbocycles. The van der Waals surface area contributed by atoms with E-state index in [0.29, 0.717) is 29.3 Å². The molecule has 5 rings (SSSR count). The molecule has 21 heteroatoms. The van der Waals surface area contributed by atoms with Gasteiger partial charge in [-0.3, -0.25) is 19.6 Å². The Balaban J connectivity index is 1.33. The van der Waals surface area contributed by atoms with Gasteiger partial charge in [-0.15, -0.1) is 15.6 Å². The number of carbonyl (C=O) groups excluding carboxylic acids is 2. The molecule has 0 radical (unpaired) electrons. The van der Waals surface area contributed by atoms with Gasteiger partial charge in [0, 0.05) is 36.1 Å². The van der Waals surface area contributed by atoms with Gasteiger partial charge in [0.1, 0.15) is 23.3 Å². The number of β-lactam (4-membered cyclic amide) rings is 1. The van der Waals surface area contributed by atoms with Crippen molar-refractivity contribution in [1.82, 2.24) is 26.0 Å². The molecule has 3 aliphatic rings. The van der Waals surface area contributed by atoms with Crippen LogP contribution in [0, 0.1) is 11.3 Å². The van der Waals surface area contributed by atoms with Gasteiger partial charge in [0.2, 0.25) is 0 Å². The number of ether oxygens (including phenoxy) is 1. The summed E-state index contributed by atoms with van der Waals surface area (Å²) in [7, 11) is -5.04. The van der Waals surface area contributed by atoms with Gasteiger partial charge in [0.25, 0.3) is 17.4 Å². The molecule has 272 valence electrons. The Morgan fingerprint density at radius 1 is 1.32 bits per heavy atom. The maximum Gasteiger partial charge on any atom is 0.418 e. The van der Waals surface area contributed by atoms with E-state index in [4.69, 9.17) is 25.3 Å². The highest BCUT2D eigenvalue weighted by Crippen LogP contribution is 2.35. The summed E-state index contributed by atoms with van der Waals surface area (Å²) in [5, 5.41) is 43.1. The fraction of sp³-hybridized carbons (Fsp3) is 0.517. The molecule has 2 saturated heterocycles. The van der Waals surface area contributed by atoms with Crippen molar-refractivity contribution in [2.45, 2.75) is 69.4 Å². The van der Waals surface area contributed by atoms with Crippen LogP contribution in [-0.4, -0.2) is 112 Å². The van der Waals surface area contributed by atoms with Crippen molar-refractivity contribution in [3.63, 3.8) is 0 Å². The number of carbonyl (C=O) groups is 3. The van der Waals surface area contributed by atoms with E-state index in [2.05, 4.69) is 30.4 Å². The third-order valence-corrected chi connectivity index (χ3v) is 9.94. The zero-order chi connectivity index (χ0) is 36.6. The molecule has 1 aromatic carbocycles. The number of amides is 2. The summed E-state index contributed by atoms with van der Waals surface area (Å²) in [6, 6.07) is 3.67. The molecule has 4 heterocycles. The summed E-state index contributed by atoms with van der Waals surface area (Å²) < 4.78 is 41.7. The molecule has 50 heavy (non-hydrogen) atoms. The van der Waals surface area contributed by atoms with Crippen LogP contribution in [0.2, 0.25) is 0 Å². The van der Waals surface area contributed by atoms with Crippen LogP contribution in [0.15, 0.2) is 28.7 Å². The number of fused-ring (bicyclic) bond motifs is 1. The van der Waals surface area contributed by atoms with E-state index in [-0.39, 0.29) is 41.6 Å². The summed E-state index contributed by atoms with van der Waals surface area (Å²) >= 11 is 0.956. The molecule has 19 nitrogen and oxygen atoms in total. The topological polar surface area (TPSA) is 288 Å². The second-order valence-corrected chi connectivity index (χ2v) is 14.6. The van der Waals surface area contributed by atoms with Crippen molar-refractivity contribution in [2.24, 2.45) is 11.1 Å². The van der Waals surface area contributed by atoms with E-state index in [0.717, 1.165) is 29.9 Å². The summed E-state index contributed by atoms with van der Waals surface area (Å²) in [4.78, 5) is 48.4. The van der Waals surface area contributed by atoms with Crippen LogP contribution >= 0.6 is 11.3 Å². The highest BCUT2D eigenvalue weighted by Gasteiger charge is 2.58. The average molecular weight is 739 g/mol. The summed E-state index contributed by atoms with van der Waals surface area (Å²) in [5.41, 5.74) is 2.88. The van der Waals surface area contributed by atoms with Crippen molar-refractivity contribution in [3.8, 4) is 5.75 Å². The largest absolute Gasteiger partial charge is 0.485 e. The first-order chi connectivity index (χ1) is 23.4. The fourth-order valence-electron chi connectivity index (χ4n) is 5.90. The van der Waals surface area contributed by atoms with E-state index in [1.807, 2.05) is 0 Å². The van der Waals surface area contributed by atoms with Crippen LogP contribution in [0.4, 0.5) is 5.13 Å². The number of aryl methyl sites for hydroxylation is 1. The first-order valence-electron chi connectivity index (χ1n) is 15.4. The van der Waals surface area contributed by atoms with E-state index >= 15 is 0 Å². The van der Waals surface area contributed by atoms with Gasteiger partial charge < -0.3 is 41.5 Å². The van der Waals surface area contributed by atoms with Gasteiger partial charge in [0.15, 0.2) is 16.9 Å². The van der Waals surface area contributed by atoms with Gasteiger partial charge in [0.05, 0.1) is 5.54 Å². The minimum atomic E-state index is -5.04. The van der Waals surface area contributed by atoms with Crippen molar-refractivity contribution < 1.29 is 51.4 Å². The maximum absolute atomic E-state index is 13.5. The average Bonchev–Trinajstić information content (AvgIpc) is 3.50. The Hall–Kier alpha value is -4.41. The smallest absolute Gasteiger partial charge is 0.418 e. The normalized spacial score (nSPS) is 24.5. The van der Waals surface area contributed by atoms with Crippen molar-refractivity contribution in [3.05, 3.63) is 40.4 Å². The van der Waals surface area contributed by atoms with Crippen molar-refractivity contribution in [1.29, 1.82) is 5.41 Å². The minimum absolute atomic E-state index is 0.0119. The Bertz CT molecular complexity index is 1820. The third kappa shape index (κ3) is 7.51. The number of carboxylic acids is 1. The number of hydrogen-bond acceptors (Lipinski definition) is 15. The Labute approximate surface area is 290 Å². The Kier molecular flexibility index (Phi) is 10.4. The summed E-state index contributed by atoms with van der Waals surface area (Å²) in [6.07, 6.45) is 0.180. The second-order valence-electron chi connectivity index (χ2n) is 12.7. The van der Waals surface area contributed by atoms with E-state index in [1.165, 1.54) is 26.2 Å². The number of piperidine rings is 1. The molecule has 1 aromatic heterocycles. The molecule has 2 fully saturated rings. The van der Waals surface area contributed by atoms with Gasteiger partial charge >= 0.3 is 16.4 Å². The molecule has 3 unspecified atom stereocenters. The number of nitrogens with two attached hydrogens (primary N) is 1. The van der Waals surface area contributed by atoms with Gasteiger partial charge in [-0.25, -0.2) is 9.78 Å². The number of amidine groups is 1. The molecule has 0 aliphatic carbocycles. The zero-order valence-corrected chi connectivity index (χ0v) is 28.8. The van der Waals surface area contributed by atoms with Crippen LogP contribution in [0.3, 0.4) is 0 Å². The standard InChI is InChI=1S/C29H38N8O11S2/c1-28(2)22(25(40)37(28)48-50(43,44)45)35-24(39)21(18-13-49-27(31)34-18)36-47-29(3,26(41)42)20-7-5-14-10-15(4-6-19(14)46-20)23(30)33-17-8-9-32-11-16(17)12-38/h4,6,10,13,16-17,20,22,32,38H,5,7-9,11-12H2,1-3H3,(H2,30,33)(H2,31,34)(H,35,39)(H,41,42)(H,43,44,45)/t16-,17-,20?,22?,29?/m0/s1. The first-order valence-corrected chi connectivity index (χ1v) is 17.7. The number of carboxylic acid groups (broad SMARTS) is 1. The molecule has 2 amide bonds. The highest BCUT2D eigenvalue weighted by atomic mass is 32.3. The molecular weight excluding hydrogens is 700 g/mol. The number of rotatable bonds is 12. The number of nitrogens with one attached hydrogen (secondary N) is 4. The molecule has 0 spiro atoms. The van der Waals surface area contributed by atoms with Crippen LogP contribution in [0.5, 0.6) is 5.75 Å². The SMILES string of the molecule is CC(ON=C(C(=O)NC1C(=O)N(OS(=O)(=O)O)C1(C)C)c1csc(N)n1)(C(=O)O)C1CCc2cc(C(=N)N[C@H]3CCNC[C@H]3CO)ccc2O1. The van der Waals surface area contributed by atoms with E-state index < -0.39 is 57.2 Å². The lowest BCUT2D eigenvalue weighted by Gasteiger charge is -2.50. The number of aliphatic hydroxyl groups excluding tert-OH is 1. The van der Waals surface area contributed by atoms with Crippen LogP contribution < -0.4 is 26.4 Å². The second kappa shape index (κ2) is 14.1. The van der Waals surface area contributed by atoms with Crippen LogP contribution in [-0.2, 0) is 40.3 Å². The molecular formula is C29H38N8O11S2. The number of thiazole rings is 1. The molecule has 3 aliphatic heterocycles. The molecule has 0 bridgehead atoms. The lowest BCUT2D eigenvalue weighted by molar-refractivity contribution is -0.218. The quantitative estimate of drug-likeness (QED) is 0.0444. The number of aromatic nitrogens is 1. The van der Waals surface area contributed by atoms with E-state index in [1.54, 1.807) is 18.2 Å². The number of aliphatic carboxylic acids is 1. The predicted molar refractivity (Wildman–Crippen MR) is 177 cm³/mol. The number of aliphatic hydroxyl groups is 1. The lowest BCUT2D eigenvalue weighted by Crippen LogP contribution is -2.76. The monoisotopic (exact) mass is 738 g/mol. The van der Waals surface area contributed by atoms with Gasteiger partial charge in [-0.2, -0.15) is 13.5 Å². The van der Waals surface area contributed by atoms with Crippen LogP contribution in [0.25, 0.3) is 0 Å². The zero-order valence-electron chi connectivity index (χ0n) is 27.2. The number of benzene rings is 1. The van der Waals surface area contributed by atoms with Crippen molar-refractivity contribution in [2.75, 3.05) is 25.4 Å². The van der Waals surface area contributed by atoms with Crippen LogP contribution in [0.1, 0.15) is 50.4 Å². The first kappa shape index (κ1) is 36.9. The Morgan fingerprint density at radius 2 is 2.06 bits per heavy atom. The minimum Gasteiger partial charge on any atom is -0.485 e. The summed E-state index contributed by atoms with van der Waals surface area (Å²) in [5.74, 6) is -2.96. The summed E-state index contributed by atoms with van der Waals surface area (Å²) in [6.45, 7) is 5.36. The molecule has 9 N–H and O–H groups in total. The van der Waals surface area contributed by atoms with Gasteiger partial charge in [-0.1, -0.05) is 5.16 Å². The number of anilines is 1. The predicted octanol–water partition coefficient (Wildman–Crippen LogP) is -0.592. The third-order valence-electron chi connectivity index (χ3n) is 8.93. The van der Waals surface area contributed by atoms with E-state index in [9.17, 15) is 33.0 Å². The Morgan fingerprint density at radius 3 is 2.68 bits per heavy atom. The number of hydroxylamine groups is 2. The molecule has 2 aromatic rings. The number of hydrogen-bond donors (Lipinski definition) is 8.